The molecule has 0 radical (unpaired) electrons. The maximum Gasteiger partial charge on any atom is 0.224 e. The third-order valence-corrected chi connectivity index (χ3v) is 3.02. The monoisotopic (exact) mass is 276 g/mol. The Bertz CT molecular complexity index is 333. The Balaban J connectivity index is 0.00000144. The fourth-order valence-electron chi connectivity index (χ4n) is 1.93. The molecule has 0 aliphatic carbocycles. The topological polar surface area (TPSA) is 49.8 Å². The van der Waals surface area contributed by atoms with Crippen LogP contribution >= 0.6 is 24.0 Å². The van der Waals surface area contributed by atoms with Crippen molar-refractivity contribution in [2.24, 2.45) is 5.92 Å². The highest BCUT2D eigenvalue weighted by Gasteiger charge is 2.13. The first-order valence-electron chi connectivity index (χ1n) is 5.70. The van der Waals surface area contributed by atoms with E-state index < -0.39 is 0 Å². The van der Waals surface area contributed by atoms with Crippen LogP contribution in [0.4, 0.5) is 5.95 Å². The van der Waals surface area contributed by atoms with Gasteiger partial charge in [-0.3, -0.25) is 0 Å². The van der Waals surface area contributed by atoms with Gasteiger partial charge in [0.2, 0.25) is 5.95 Å². The van der Waals surface area contributed by atoms with Gasteiger partial charge in [0.25, 0.3) is 0 Å². The number of halogens is 2. The lowest BCUT2D eigenvalue weighted by atomic mass is 9.98. The number of aryl methyl sites for hydroxylation is 1. The van der Waals surface area contributed by atoms with E-state index in [2.05, 4.69) is 20.6 Å². The van der Waals surface area contributed by atoms with Crippen LogP contribution in [0.5, 0.6) is 0 Å². The molecule has 1 aromatic rings. The molecule has 1 fully saturated rings. The van der Waals surface area contributed by atoms with E-state index in [0.717, 1.165) is 25.3 Å². The number of nitrogens with one attached hydrogen (secondary N) is 2. The van der Waals surface area contributed by atoms with Gasteiger partial charge in [-0.25, -0.2) is 9.97 Å². The molecular weight excluding hydrogens is 259 g/mol. The zero-order valence-corrected chi connectivity index (χ0v) is 11.4. The number of hydrogen-bond acceptors (Lipinski definition) is 4. The van der Waals surface area contributed by atoms with E-state index in [1.54, 1.807) is 6.07 Å². The number of aromatic nitrogens is 2. The van der Waals surface area contributed by atoms with E-state index in [1.807, 2.05) is 6.92 Å². The molecule has 2 N–H and O–H groups in total. The van der Waals surface area contributed by atoms with Crippen molar-refractivity contribution < 1.29 is 0 Å². The summed E-state index contributed by atoms with van der Waals surface area (Å²) in [6.07, 6.45) is 2.43. The van der Waals surface area contributed by atoms with Crippen LogP contribution in [-0.4, -0.2) is 29.6 Å². The van der Waals surface area contributed by atoms with Crippen LogP contribution in [0.2, 0.25) is 5.15 Å². The fraction of sp³-hybridized carbons (Fsp3) is 0.636. The fourth-order valence-corrected chi connectivity index (χ4v) is 2.17. The van der Waals surface area contributed by atoms with E-state index in [-0.39, 0.29) is 12.4 Å². The molecule has 6 heteroatoms. The lowest BCUT2D eigenvalue weighted by Gasteiger charge is -2.22. The molecule has 0 atom stereocenters. The Morgan fingerprint density at radius 1 is 1.41 bits per heavy atom. The van der Waals surface area contributed by atoms with E-state index in [4.69, 9.17) is 11.6 Å². The normalized spacial score (nSPS) is 16.4. The van der Waals surface area contributed by atoms with Gasteiger partial charge in [-0.05, 0) is 44.8 Å². The largest absolute Gasteiger partial charge is 0.354 e. The third-order valence-electron chi connectivity index (χ3n) is 2.83. The van der Waals surface area contributed by atoms with Crippen LogP contribution in [0, 0.1) is 12.8 Å². The summed E-state index contributed by atoms with van der Waals surface area (Å²) in [4.78, 5) is 8.44. The molecule has 2 heterocycles. The summed E-state index contributed by atoms with van der Waals surface area (Å²) in [5.41, 5.74) is 0.896. The quantitative estimate of drug-likeness (QED) is 0.832. The first-order valence-corrected chi connectivity index (χ1v) is 6.07. The molecule has 2 rings (SSSR count). The van der Waals surface area contributed by atoms with E-state index >= 15 is 0 Å². The van der Waals surface area contributed by atoms with Crippen LogP contribution in [0.15, 0.2) is 6.07 Å². The summed E-state index contributed by atoms with van der Waals surface area (Å²) < 4.78 is 0. The van der Waals surface area contributed by atoms with Crippen molar-refractivity contribution in [3.05, 3.63) is 16.9 Å². The first-order chi connectivity index (χ1) is 7.74. The van der Waals surface area contributed by atoms with Crippen LogP contribution < -0.4 is 10.6 Å². The van der Waals surface area contributed by atoms with Gasteiger partial charge < -0.3 is 10.6 Å². The van der Waals surface area contributed by atoms with Crippen molar-refractivity contribution >= 4 is 30.0 Å². The minimum Gasteiger partial charge on any atom is -0.354 e. The number of piperidine rings is 1. The molecule has 1 aliphatic rings. The maximum absolute atomic E-state index is 5.87. The highest BCUT2D eigenvalue weighted by Crippen LogP contribution is 2.14. The number of hydrogen-bond donors (Lipinski definition) is 2. The molecule has 96 valence electrons. The average molecular weight is 277 g/mol. The second-order valence-corrected chi connectivity index (χ2v) is 4.62. The predicted molar refractivity (Wildman–Crippen MR) is 73.1 cm³/mol. The van der Waals surface area contributed by atoms with Gasteiger partial charge in [0, 0.05) is 12.2 Å². The van der Waals surface area contributed by atoms with E-state index in [0.29, 0.717) is 17.0 Å². The molecule has 17 heavy (non-hydrogen) atoms. The van der Waals surface area contributed by atoms with Crippen molar-refractivity contribution in [3.8, 4) is 0 Å². The van der Waals surface area contributed by atoms with Crippen molar-refractivity contribution in [2.75, 3.05) is 25.0 Å². The minimum absolute atomic E-state index is 0. The Morgan fingerprint density at radius 3 is 2.76 bits per heavy atom. The second-order valence-electron chi connectivity index (χ2n) is 4.23. The summed E-state index contributed by atoms with van der Waals surface area (Å²) >= 11 is 5.87. The Hall–Kier alpha value is -0.580. The summed E-state index contributed by atoms with van der Waals surface area (Å²) in [5, 5.41) is 7.11. The summed E-state index contributed by atoms with van der Waals surface area (Å²) in [5.74, 6) is 1.35. The van der Waals surface area contributed by atoms with Crippen LogP contribution in [0.1, 0.15) is 18.5 Å². The van der Waals surface area contributed by atoms with Gasteiger partial charge in [0.05, 0.1) is 0 Å². The smallest absolute Gasteiger partial charge is 0.224 e. The van der Waals surface area contributed by atoms with Gasteiger partial charge in [-0.15, -0.1) is 12.4 Å². The van der Waals surface area contributed by atoms with Crippen molar-refractivity contribution in [1.29, 1.82) is 0 Å². The average Bonchev–Trinajstić information content (AvgIpc) is 2.27. The Kier molecular flexibility index (Phi) is 5.95. The highest BCUT2D eigenvalue weighted by atomic mass is 35.5. The standard InChI is InChI=1S/C11H17ClN4.ClH/c1-8-6-10(12)16-11(15-8)14-7-9-2-4-13-5-3-9;/h6,9,13H,2-5,7H2,1H3,(H,14,15,16);1H. The molecule has 0 unspecified atom stereocenters. The second kappa shape index (κ2) is 6.99. The molecule has 1 aliphatic heterocycles. The SMILES string of the molecule is Cc1cc(Cl)nc(NCC2CCNCC2)n1.Cl. The summed E-state index contributed by atoms with van der Waals surface area (Å²) in [6.45, 7) is 5.08. The minimum atomic E-state index is 0. The molecule has 0 amide bonds. The van der Waals surface area contributed by atoms with Gasteiger partial charge in [0.15, 0.2) is 0 Å². The molecule has 1 saturated heterocycles. The Labute approximate surface area is 113 Å². The van der Waals surface area contributed by atoms with Gasteiger partial charge >= 0.3 is 0 Å². The van der Waals surface area contributed by atoms with Crippen molar-refractivity contribution in [2.45, 2.75) is 19.8 Å². The van der Waals surface area contributed by atoms with Gasteiger partial charge in [-0.2, -0.15) is 0 Å². The third kappa shape index (κ3) is 4.66. The van der Waals surface area contributed by atoms with Crippen molar-refractivity contribution in [1.82, 2.24) is 15.3 Å². The van der Waals surface area contributed by atoms with Crippen LogP contribution in [0.25, 0.3) is 0 Å². The van der Waals surface area contributed by atoms with Crippen LogP contribution in [-0.2, 0) is 0 Å². The van der Waals surface area contributed by atoms with Crippen LogP contribution in [0.3, 0.4) is 0 Å². The van der Waals surface area contributed by atoms with E-state index in [9.17, 15) is 0 Å². The molecule has 1 aromatic heterocycles. The Morgan fingerprint density at radius 2 is 2.12 bits per heavy atom. The molecule has 4 nitrogen and oxygen atoms in total. The molecule has 0 saturated carbocycles. The summed E-state index contributed by atoms with van der Waals surface area (Å²) in [7, 11) is 0. The van der Waals surface area contributed by atoms with Crippen molar-refractivity contribution in [3.63, 3.8) is 0 Å². The molecular formula is C11H18Cl2N4. The molecule has 0 aromatic carbocycles. The molecule has 0 spiro atoms. The zero-order chi connectivity index (χ0) is 11.4. The van der Waals surface area contributed by atoms with E-state index in [1.165, 1.54) is 12.8 Å². The zero-order valence-electron chi connectivity index (χ0n) is 9.87. The maximum atomic E-state index is 5.87. The van der Waals surface area contributed by atoms with Gasteiger partial charge in [0.1, 0.15) is 5.15 Å². The lowest BCUT2D eigenvalue weighted by Crippen LogP contribution is -2.31. The number of nitrogens with zero attached hydrogens (tertiary/aromatic N) is 2. The van der Waals surface area contributed by atoms with Gasteiger partial charge in [-0.1, -0.05) is 11.6 Å². The first kappa shape index (κ1) is 14.5. The number of rotatable bonds is 3. The highest BCUT2D eigenvalue weighted by molar-refractivity contribution is 6.29. The predicted octanol–water partition coefficient (Wildman–Crippen LogP) is 2.27. The number of anilines is 1. The lowest BCUT2D eigenvalue weighted by molar-refractivity contribution is 0.389. The summed E-state index contributed by atoms with van der Waals surface area (Å²) in [6, 6.07) is 1.76. The molecule has 0 bridgehead atoms.